The molecule has 0 aromatic heterocycles. The van der Waals surface area contributed by atoms with Gasteiger partial charge in [-0.1, -0.05) is 65.5 Å². The Labute approximate surface area is 291 Å². The molecule has 0 aromatic carbocycles. The highest BCUT2D eigenvalue weighted by Gasteiger charge is 2.59. The first-order valence-electron chi connectivity index (χ1n) is 19.2. The number of allylic oxidation sites excluding steroid dienone is 1. The zero-order valence-electron chi connectivity index (χ0n) is 30.9. The van der Waals surface area contributed by atoms with Crippen LogP contribution in [-0.4, -0.2) is 68.4 Å². The van der Waals surface area contributed by atoms with Crippen LogP contribution in [0.25, 0.3) is 0 Å². The van der Waals surface area contributed by atoms with Crippen molar-refractivity contribution >= 4 is 18.1 Å². The molecular weight excluding hydrogens is 602 g/mol. The highest BCUT2D eigenvalue weighted by Crippen LogP contribution is 2.67. The van der Waals surface area contributed by atoms with Crippen LogP contribution in [0.1, 0.15) is 118 Å². The number of fused-ring (bicyclic) bond motifs is 5. The molecule has 274 valence electrons. The summed E-state index contributed by atoms with van der Waals surface area (Å²) in [6.45, 7) is 16.1. The fraction of sp³-hybridized carbons (Fsp3) is 0.868. The molecule has 2 unspecified atom stereocenters. The summed E-state index contributed by atoms with van der Waals surface area (Å²) in [6.07, 6.45) is 17.2. The molecule has 3 saturated carbocycles. The molecule has 48 heavy (non-hydrogen) atoms. The lowest BCUT2D eigenvalue weighted by Crippen LogP contribution is -2.51. The highest BCUT2D eigenvalue weighted by molar-refractivity contribution is 5.74. The van der Waals surface area contributed by atoms with E-state index in [4.69, 9.17) is 31.8 Å². The molecule has 8 atom stereocenters. The Morgan fingerprint density at radius 3 is 2.27 bits per heavy atom. The number of guanidine groups is 2. The summed E-state index contributed by atoms with van der Waals surface area (Å²) in [5.74, 6) is 4.85. The van der Waals surface area contributed by atoms with E-state index in [-0.39, 0.29) is 30.0 Å². The Hall–Kier alpha value is -2.49. The molecule has 4 aliphatic rings. The second kappa shape index (κ2) is 17.4. The number of nitrogens with two attached hydrogens (primary N) is 2. The van der Waals surface area contributed by atoms with E-state index in [1.165, 1.54) is 56.9 Å². The SMILES string of the molecule is CC(C)CCC[C@H](C)[C@@H]1CC[C@@H]2[C@H]3CC=C4CC(OC(=O)OCCN(CCCNC(=N)N)CCCNC(=N)N)CC[C@@]4(C)C3CC[C@]21C. The molecular formula is C38H69N7O3. The number of rotatable bonds is 17. The summed E-state index contributed by atoms with van der Waals surface area (Å²) in [4.78, 5) is 15.0. The van der Waals surface area contributed by atoms with Crippen LogP contribution in [0.4, 0.5) is 4.79 Å². The normalized spacial score (nSPS) is 31.6. The van der Waals surface area contributed by atoms with E-state index < -0.39 is 6.16 Å². The van der Waals surface area contributed by atoms with Crippen molar-refractivity contribution < 1.29 is 14.3 Å². The number of nitrogens with one attached hydrogen (secondary N) is 4. The third-order valence-electron chi connectivity index (χ3n) is 13.1. The van der Waals surface area contributed by atoms with E-state index in [0.717, 1.165) is 80.7 Å². The summed E-state index contributed by atoms with van der Waals surface area (Å²) in [6, 6.07) is 0. The summed E-state index contributed by atoms with van der Waals surface area (Å²) in [5, 5.41) is 20.3. The summed E-state index contributed by atoms with van der Waals surface area (Å²) < 4.78 is 11.5. The Kier molecular flexibility index (Phi) is 13.9. The minimum atomic E-state index is -0.567. The van der Waals surface area contributed by atoms with Crippen LogP contribution in [0.5, 0.6) is 0 Å². The van der Waals surface area contributed by atoms with Gasteiger partial charge in [0.25, 0.3) is 0 Å². The van der Waals surface area contributed by atoms with Crippen molar-refractivity contribution in [2.45, 2.75) is 124 Å². The summed E-state index contributed by atoms with van der Waals surface area (Å²) in [7, 11) is 0. The van der Waals surface area contributed by atoms with Crippen LogP contribution in [-0.2, 0) is 9.47 Å². The van der Waals surface area contributed by atoms with Crippen molar-refractivity contribution in [1.82, 2.24) is 15.5 Å². The van der Waals surface area contributed by atoms with Gasteiger partial charge in [-0.3, -0.25) is 15.7 Å². The Morgan fingerprint density at radius 2 is 1.62 bits per heavy atom. The van der Waals surface area contributed by atoms with Crippen molar-refractivity contribution in [2.24, 2.45) is 57.8 Å². The van der Waals surface area contributed by atoms with Gasteiger partial charge in [-0.25, -0.2) is 4.79 Å². The minimum absolute atomic E-state index is 0.0354. The standard InChI is InChI=1S/C38H69N7O3/c1-26(2)9-6-10-27(3)31-13-14-32-30-12-11-28-25-29(15-17-37(28,4)33(30)16-18-38(31,32)5)48-36(46)47-24-23-45(21-7-19-43-34(39)40)22-8-20-44-35(41)42/h11,26-27,29-33H,6-10,12-25H2,1-5H3,(H4,39,40,43)(H4,41,42,44)/t27-,29?,30+,31-,32+,33?,37+,38-/m0/s1. The molecule has 0 bridgehead atoms. The van der Waals surface area contributed by atoms with Crippen LogP contribution in [0.3, 0.4) is 0 Å². The molecule has 10 heteroatoms. The lowest BCUT2D eigenvalue weighted by Gasteiger charge is -2.58. The molecule has 0 amide bonds. The lowest BCUT2D eigenvalue weighted by atomic mass is 9.47. The van der Waals surface area contributed by atoms with Gasteiger partial charge in [0.05, 0.1) is 0 Å². The lowest BCUT2D eigenvalue weighted by molar-refractivity contribution is -0.0619. The van der Waals surface area contributed by atoms with Crippen molar-refractivity contribution in [1.29, 1.82) is 10.8 Å². The van der Waals surface area contributed by atoms with Gasteiger partial charge in [-0.05, 0) is 117 Å². The van der Waals surface area contributed by atoms with Crippen molar-refractivity contribution in [3.05, 3.63) is 11.6 Å². The first-order valence-corrected chi connectivity index (χ1v) is 19.2. The van der Waals surface area contributed by atoms with Gasteiger partial charge < -0.3 is 31.6 Å². The zero-order valence-corrected chi connectivity index (χ0v) is 30.9. The third-order valence-corrected chi connectivity index (χ3v) is 13.1. The molecule has 0 saturated heterocycles. The molecule has 0 spiro atoms. The van der Waals surface area contributed by atoms with Gasteiger partial charge in [0.2, 0.25) is 0 Å². The van der Waals surface area contributed by atoms with E-state index in [0.29, 0.717) is 25.0 Å². The van der Waals surface area contributed by atoms with E-state index >= 15 is 0 Å². The summed E-state index contributed by atoms with van der Waals surface area (Å²) >= 11 is 0. The number of ether oxygens (including phenoxy) is 2. The molecule has 0 heterocycles. The van der Waals surface area contributed by atoms with Crippen LogP contribution in [0.2, 0.25) is 0 Å². The Balaban J connectivity index is 1.25. The molecule has 8 N–H and O–H groups in total. The summed E-state index contributed by atoms with van der Waals surface area (Å²) in [5.41, 5.74) is 13.0. The number of hydrogen-bond donors (Lipinski definition) is 6. The second-order valence-corrected chi connectivity index (χ2v) is 16.6. The molecule has 0 aromatic rings. The van der Waals surface area contributed by atoms with Crippen molar-refractivity contribution in [2.75, 3.05) is 39.3 Å². The molecule has 4 aliphatic carbocycles. The van der Waals surface area contributed by atoms with Gasteiger partial charge in [-0.2, -0.15) is 0 Å². The average molecular weight is 672 g/mol. The van der Waals surface area contributed by atoms with Gasteiger partial charge >= 0.3 is 6.16 Å². The maximum atomic E-state index is 12.8. The Bertz CT molecular complexity index is 1090. The average Bonchev–Trinajstić information content (AvgIpc) is 3.38. The van der Waals surface area contributed by atoms with E-state index in [2.05, 4.69) is 56.2 Å². The quantitative estimate of drug-likeness (QED) is 0.0331. The maximum Gasteiger partial charge on any atom is 0.508 e. The molecule has 4 rings (SSSR count). The fourth-order valence-corrected chi connectivity index (χ4v) is 10.6. The first-order chi connectivity index (χ1) is 22.8. The third kappa shape index (κ3) is 9.81. The van der Waals surface area contributed by atoms with Gasteiger partial charge in [-0.15, -0.1) is 0 Å². The van der Waals surface area contributed by atoms with Crippen molar-refractivity contribution in [3.63, 3.8) is 0 Å². The number of carbonyl (C=O) groups is 1. The smallest absolute Gasteiger partial charge is 0.433 e. The number of carbonyl (C=O) groups excluding carboxylic acids is 1. The van der Waals surface area contributed by atoms with Crippen LogP contribution in [0, 0.1) is 57.2 Å². The monoisotopic (exact) mass is 672 g/mol. The van der Waals surface area contributed by atoms with Crippen LogP contribution >= 0.6 is 0 Å². The topological polar surface area (TPSA) is 163 Å². The van der Waals surface area contributed by atoms with Gasteiger partial charge in [0.15, 0.2) is 11.9 Å². The van der Waals surface area contributed by atoms with Crippen molar-refractivity contribution in [3.8, 4) is 0 Å². The minimum Gasteiger partial charge on any atom is -0.433 e. The largest absolute Gasteiger partial charge is 0.508 e. The zero-order chi connectivity index (χ0) is 34.9. The highest BCUT2D eigenvalue weighted by atomic mass is 16.7. The fourth-order valence-electron chi connectivity index (χ4n) is 10.6. The van der Waals surface area contributed by atoms with Gasteiger partial charge in [0.1, 0.15) is 12.7 Å². The molecule has 3 fully saturated rings. The molecule has 0 aliphatic heterocycles. The Morgan fingerprint density at radius 1 is 0.938 bits per heavy atom. The van der Waals surface area contributed by atoms with E-state index in [1.54, 1.807) is 0 Å². The second-order valence-electron chi connectivity index (χ2n) is 16.6. The predicted octanol–water partition coefficient (Wildman–Crippen LogP) is 6.60. The van der Waals surface area contributed by atoms with Gasteiger partial charge in [0, 0.05) is 26.1 Å². The number of nitrogens with zero attached hydrogens (tertiary/aromatic N) is 1. The maximum absolute atomic E-state index is 12.8. The van der Waals surface area contributed by atoms with E-state index in [9.17, 15) is 4.79 Å². The molecule has 0 radical (unpaired) electrons. The van der Waals surface area contributed by atoms with Crippen LogP contribution < -0.4 is 22.1 Å². The van der Waals surface area contributed by atoms with Crippen LogP contribution in [0.15, 0.2) is 11.6 Å². The molecule has 10 nitrogen and oxygen atoms in total. The number of hydrogen-bond acceptors (Lipinski definition) is 6. The predicted molar refractivity (Wildman–Crippen MR) is 195 cm³/mol. The van der Waals surface area contributed by atoms with E-state index in [1.807, 2.05) is 0 Å². The first kappa shape index (κ1) is 38.3.